The molecule has 110 valence electrons. The largest absolute Gasteiger partial charge is 0.323 e. The van der Waals surface area contributed by atoms with Crippen LogP contribution in [0.5, 0.6) is 0 Å². The molecule has 1 saturated heterocycles. The van der Waals surface area contributed by atoms with E-state index in [9.17, 15) is 4.79 Å². The molecule has 0 saturated carbocycles. The first-order chi connectivity index (χ1) is 10.2. The number of nitrogens with zero attached hydrogens (tertiary/aromatic N) is 2. The molecule has 1 aromatic carbocycles. The molecule has 0 spiro atoms. The number of hydrogen-bond donors (Lipinski definition) is 2. The normalized spacial score (nSPS) is 21.4. The maximum Gasteiger partial charge on any atom is 0.244 e. The second kappa shape index (κ2) is 5.69. The van der Waals surface area contributed by atoms with Crippen LogP contribution in [-0.4, -0.2) is 27.8 Å². The van der Waals surface area contributed by atoms with Gasteiger partial charge in [0, 0.05) is 12.4 Å². The SMILES string of the molecule is CCC1(C(=O)Nc2ccccc2-n2cccn2)CCCN1. The monoisotopic (exact) mass is 284 g/mol. The number of anilines is 1. The van der Waals surface area contributed by atoms with Crippen molar-refractivity contribution in [2.75, 3.05) is 11.9 Å². The summed E-state index contributed by atoms with van der Waals surface area (Å²) in [4.78, 5) is 12.7. The molecule has 5 nitrogen and oxygen atoms in total. The lowest BCUT2D eigenvalue weighted by Gasteiger charge is -2.27. The minimum Gasteiger partial charge on any atom is -0.323 e. The average Bonchev–Trinajstić information content (AvgIpc) is 3.20. The van der Waals surface area contributed by atoms with Gasteiger partial charge in [0.15, 0.2) is 0 Å². The number of benzene rings is 1. The van der Waals surface area contributed by atoms with Crippen LogP contribution >= 0.6 is 0 Å². The second-order valence-corrected chi connectivity index (χ2v) is 5.39. The van der Waals surface area contributed by atoms with Gasteiger partial charge in [-0.3, -0.25) is 4.79 Å². The van der Waals surface area contributed by atoms with Crippen molar-refractivity contribution >= 4 is 11.6 Å². The summed E-state index contributed by atoms with van der Waals surface area (Å²) >= 11 is 0. The predicted molar refractivity (Wildman–Crippen MR) is 82.5 cm³/mol. The third-order valence-electron chi connectivity index (χ3n) is 4.19. The van der Waals surface area contributed by atoms with E-state index in [1.165, 1.54) is 0 Å². The molecule has 1 aliphatic heterocycles. The Morgan fingerprint density at radius 3 is 2.95 bits per heavy atom. The quantitative estimate of drug-likeness (QED) is 0.906. The maximum atomic E-state index is 12.7. The van der Waals surface area contributed by atoms with Crippen LogP contribution in [0.1, 0.15) is 26.2 Å². The summed E-state index contributed by atoms with van der Waals surface area (Å²) in [6.45, 7) is 2.96. The summed E-state index contributed by atoms with van der Waals surface area (Å²) in [5.74, 6) is 0.0436. The average molecular weight is 284 g/mol. The van der Waals surface area contributed by atoms with Crippen LogP contribution in [0.2, 0.25) is 0 Å². The van der Waals surface area contributed by atoms with Crippen molar-refractivity contribution in [3.05, 3.63) is 42.7 Å². The summed E-state index contributed by atoms with van der Waals surface area (Å²) in [7, 11) is 0. The van der Waals surface area contributed by atoms with E-state index in [-0.39, 0.29) is 5.91 Å². The molecule has 0 radical (unpaired) electrons. The summed E-state index contributed by atoms with van der Waals surface area (Å²) in [5, 5.41) is 10.7. The van der Waals surface area contributed by atoms with Crippen molar-refractivity contribution in [2.45, 2.75) is 31.7 Å². The fraction of sp³-hybridized carbons (Fsp3) is 0.375. The number of rotatable bonds is 4. The number of aromatic nitrogens is 2. The van der Waals surface area contributed by atoms with Crippen molar-refractivity contribution in [3.8, 4) is 5.69 Å². The molecule has 2 N–H and O–H groups in total. The number of amides is 1. The zero-order valence-corrected chi connectivity index (χ0v) is 12.2. The summed E-state index contributed by atoms with van der Waals surface area (Å²) < 4.78 is 1.76. The highest BCUT2D eigenvalue weighted by atomic mass is 16.2. The molecule has 21 heavy (non-hydrogen) atoms. The number of hydrogen-bond acceptors (Lipinski definition) is 3. The third-order valence-corrected chi connectivity index (χ3v) is 4.19. The van der Waals surface area contributed by atoms with Gasteiger partial charge in [0.25, 0.3) is 0 Å². The van der Waals surface area contributed by atoms with Crippen LogP contribution in [0.4, 0.5) is 5.69 Å². The molecule has 2 heterocycles. The summed E-state index contributed by atoms with van der Waals surface area (Å²) in [5.41, 5.74) is 1.23. The van der Waals surface area contributed by atoms with Gasteiger partial charge in [-0.1, -0.05) is 19.1 Å². The lowest BCUT2D eigenvalue weighted by Crippen LogP contribution is -2.50. The van der Waals surface area contributed by atoms with E-state index >= 15 is 0 Å². The van der Waals surface area contributed by atoms with Gasteiger partial charge in [0.1, 0.15) is 0 Å². The third kappa shape index (κ3) is 2.56. The highest BCUT2D eigenvalue weighted by Gasteiger charge is 2.39. The molecular weight excluding hydrogens is 264 g/mol. The minimum absolute atomic E-state index is 0.0436. The van der Waals surface area contributed by atoms with Crippen LogP contribution in [-0.2, 0) is 4.79 Å². The molecule has 1 aliphatic rings. The summed E-state index contributed by atoms with van der Waals surface area (Å²) in [6, 6.07) is 9.58. The smallest absolute Gasteiger partial charge is 0.244 e. The molecule has 1 aromatic heterocycles. The highest BCUT2D eigenvalue weighted by molar-refractivity contribution is 5.99. The Hall–Kier alpha value is -2.14. The van der Waals surface area contributed by atoms with Gasteiger partial charge in [-0.2, -0.15) is 5.10 Å². The van der Waals surface area contributed by atoms with Crippen molar-refractivity contribution in [1.82, 2.24) is 15.1 Å². The van der Waals surface area contributed by atoms with Crippen molar-refractivity contribution in [2.24, 2.45) is 0 Å². The van der Waals surface area contributed by atoms with Crippen LogP contribution in [0.3, 0.4) is 0 Å². The highest BCUT2D eigenvalue weighted by Crippen LogP contribution is 2.26. The fourth-order valence-electron chi connectivity index (χ4n) is 2.89. The Bertz CT molecular complexity index is 615. The van der Waals surface area contributed by atoms with Crippen LogP contribution < -0.4 is 10.6 Å². The Kier molecular flexibility index (Phi) is 3.75. The molecular formula is C16H20N4O. The van der Waals surface area contributed by atoms with E-state index in [0.717, 1.165) is 37.2 Å². The van der Waals surface area contributed by atoms with E-state index in [2.05, 4.69) is 22.7 Å². The molecule has 1 unspecified atom stereocenters. The first kappa shape index (κ1) is 13.8. The Balaban J connectivity index is 1.87. The molecule has 0 bridgehead atoms. The lowest BCUT2D eigenvalue weighted by molar-refractivity contribution is -0.122. The number of carbonyl (C=O) groups is 1. The van der Waals surface area contributed by atoms with Gasteiger partial charge in [0.05, 0.1) is 16.9 Å². The van der Waals surface area contributed by atoms with E-state index in [0.29, 0.717) is 0 Å². The Morgan fingerprint density at radius 2 is 2.29 bits per heavy atom. The van der Waals surface area contributed by atoms with Crippen LogP contribution in [0.25, 0.3) is 5.69 Å². The molecule has 1 fully saturated rings. The van der Waals surface area contributed by atoms with Crippen LogP contribution in [0.15, 0.2) is 42.7 Å². The Morgan fingerprint density at radius 1 is 1.43 bits per heavy atom. The standard InChI is InChI=1S/C16H20N4O/c1-2-16(9-5-10-17-16)15(21)19-13-7-3-4-8-14(13)20-12-6-11-18-20/h3-4,6-8,11-12,17H,2,5,9-10H2,1H3,(H,19,21). The molecule has 3 rings (SSSR count). The zero-order chi connectivity index (χ0) is 14.7. The van der Waals surface area contributed by atoms with Gasteiger partial charge >= 0.3 is 0 Å². The van der Waals surface area contributed by atoms with E-state index < -0.39 is 5.54 Å². The van der Waals surface area contributed by atoms with Crippen molar-refractivity contribution in [3.63, 3.8) is 0 Å². The van der Waals surface area contributed by atoms with Gasteiger partial charge in [0.2, 0.25) is 5.91 Å². The number of carbonyl (C=O) groups excluding carboxylic acids is 1. The first-order valence-corrected chi connectivity index (χ1v) is 7.41. The van der Waals surface area contributed by atoms with Gasteiger partial charge in [-0.05, 0) is 44.0 Å². The molecule has 2 aromatic rings. The minimum atomic E-state index is -0.433. The van der Waals surface area contributed by atoms with Crippen LogP contribution in [0, 0.1) is 0 Å². The topological polar surface area (TPSA) is 59.0 Å². The molecule has 1 atom stereocenters. The van der Waals surface area contributed by atoms with E-state index in [1.807, 2.05) is 36.5 Å². The lowest BCUT2D eigenvalue weighted by atomic mass is 9.93. The first-order valence-electron chi connectivity index (χ1n) is 7.41. The van der Waals surface area contributed by atoms with Crippen molar-refractivity contribution in [1.29, 1.82) is 0 Å². The molecule has 5 heteroatoms. The van der Waals surface area contributed by atoms with E-state index in [4.69, 9.17) is 0 Å². The number of para-hydroxylation sites is 2. The van der Waals surface area contributed by atoms with Gasteiger partial charge < -0.3 is 10.6 Å². The second-order valence-electron chi connectivity index (χ2n) is 5.39. The fourth-order valence-corrected chi connectivity index (χ4v) is 2.89. The predicted octanol–water partition coefficient (Wildman–Crippen LogP) is 2.34. The Labute approximate surface area is 124 Å². The maximum absolute atomic E-state index is 12.7. The van der Waals surface area contributed by atoms with Crippen molar-refractivity contribution < 1.29 is 4.79 Å². The molecule has 0 aliphatic carbocycles. The summed E-state index contributed by atoms with van der Waals surface area (Å²) in [6.07, 6.45) is 6.32. The van der Waals surface area contributed by atoms with Gasteiger partial charge in [-0.25, -0.2) is 4.68 Å². The van der Waals surface area contributed by atoms with E-state index in [1.54, 1.807) is 10.9 Å². The van der Waals surface area contributed by atoms with Gasteiger partial charge in [-0.15, -0.1) is 0 Å². The molecule has 1 amide bonds. The zero-order valence-electron chi connectivity index (χ0n) is 12.2. The number of nitrogens with one attached hydrogen (secondary N) is 2.